The average molecular weight is 337 g/mol. The fourth-order valence-corrected chi connectivity index (χ4v) is 2.02. The number of methoxy groups -OCH3 is 1. The molecule has 22 heavy (non-hydrogen) atoms. The van der Waals surface area contributed by atoms with Gasteiger partial charge in [-0.05, 0) is 42.5 Å². The molecule has 2 aromatic rings. The number of ether oxygens (including phenoxy) is 1. The molecule has 2 N–H and O–H groups in total. The van der Waals surface area contributed by atoms with E-state index in [1.54, 1.807) is 49.6 Å². The van der Waals surface area contributed by atoms with Crippen LogP contribution in [0.1, 0.15) is 5.56 Å². The molecule has 114 valence electrons. The number of benzene rings is 2. The van der Waals surface area contributed by atoms with E-state index in [0.717, 1.165) is 5.56 Å². The van der Waals surface area contributed by atoms with Gasteiger partial charge >= 0.3 is 6.03 Å². The Labute approximate surface area is 138 Å². The summed E-state index contributed by atoms with van der Waals surface area (Å²) in [6, 6.07) is 11.6. The lowest BCUT2D eigenvalue weighted by molar-refractivity contribution is 0.262. The van der Waals surface area contributed by atoms with E-state index in [1.165, 1.54) is 0 Å². The number of nitrogens with one attached hydrogen (secondary N) is 2. The summed E-state index contributed by atoms with van der Waals surface area (Å²) in [6.07, 6.45) is 0. The second-order valence-corrected chi connectivity index (χ2v) is 5.23. The van der Waals surface area contributed by atoms with Gasteiger partial charge < -0.3 is 15.4 Å². The number of urea groups is 1. The molecule has 6 heteroatoms. The van der Waals surface area contributed by atoms with Crippen LogP contribution in [0.4, 0.5) is 16.2 Å². The van der Waals surface area contributed by atoms with Crippen molar-refractivity contribution in [3.8, 4) is 0 Å². The Morgan fingerprint density at radius 1 is 1.00 bits per heavy atom. The van der Waals surface area contributed by atoms with Crippen LogP contribution in [0, 0.1) is 0 Å². The van der Waals surface area contributed by atoms with Crippen LogP contribution in [-0.2, 0) is 4.74 Å². The Balaban J connectivity index is 1.99. The molecule has 0 radical (unpaired) electrons. The maximum Gasteiger partial charge on any atom is 0.323 e. The molecule has 0 fully saturated rings. The highest BCUT2D eigenvalue weighted by atomic mass is 35.5. The predicted molar refractivity (Wildman–Crippen MR) is 91.6 cm³/mol. The third-order valence-electron chi connectivity index (χ3n) is 2.89. The molecule has 2 rings (SSSR count). The first-order valence-corrected chi connectivity index (χ1v) is 7.11. The fourth-order valence-electron chi connectivity index (χ4n) is 1.72. The number of rotatable bonds is 4. The highest BCUT2D eigenvalue weighted by molar-refractivity contribution is 6.42. The minimum Gasteiger partial charge on any atom is -0.497 e. The highest BCUT2D eigenvalue weighted by Gasteiger charge is 2.05. The number of anilines is 2. The standard InChI is InChI=1S/C16H14Cl2N2O2/c1-10(22-2)11-3-5-12(6-4-11)19-16(21)20-13-7-8-14(17)15(18)9-13/h3-9H,1H2,2H3,(H2,19,20,21). The smallest absolute Gasteiger partial charge is 0.323 e. The molecule has 2 aromatic carbocycles. The van der Waals surface area contributed by atoms with Gasteiger partial charge in [-0.25, -0.2) is 4.79 Å². The first kappa shape index (κ1) is 16.2. The molecule has 2 amide bonds. The minimum atomic E-state index is -0.378. The van der Waals surface area contributed by atoms with Crippen LogP contribution in [0.15, 0.2) is 49.0 Å². The van der Waals surface area contributed by atoms with Crippen LogP contribution in [0.25, 0.3) is 5.76 Å². The molecule has 0 bridgehead atoms. The summed E-state index contributed by atoms with van der Waals surface area (Å²) in [5, 5.41) is 6.19. The molecule has 0 aliphatic heterocycles. The maximum absolute atomic E-state index is 11.9. The molecule has 0 saturated carbocycles. The summed E-state index contributed by atoms with van der Waals surface area (Å²) >= 11 is 11.7. The number of halogens is 2. The van der Waals surface area contributed by atoms with Crippen molar-refractivity contribution in [1.29, 1.82) is 0 Å². The van der Waals surface area contributed by atoms with E-state index in [2.05, 4.69) is 17.2 Å². The summed E-state index contributed by atoms with van der Waals surface area (Å²) in [6.45, 7) is 3.76. The lowest BCUT2D eigenvalue weighted by Gasteiger charge is -2.09. The number of carbonyl (C=O) groups excluding carboxylic acids is 1. The van der Waals surface area contributed by atoms with Crippen molar-refractivity contribution in [2.45, 2.75) is 0 Å². The van der Waals surface area contributed by atoms with E-state index < -0.39 is 0 Å². The van der Waals surface area contributed by atoms with E-state index in [-0.39, 0.29) is 6.03 Å². The molecule has 0 heterocycles. The molecule has 0 atom stereocenters. The minimum absolute atomic E-state index is 0.377. The zero-order valence-corrected chi connectivity index (χ0v) is 13.3. The van der Waals surface area contributed by atoms with Crippen LogP contribution in [0.3, 0.4) is 0 Å². The van der Waals surface area contributed by atoms with E-state index in [4.69, 9.17) is 27.9 Å². The van der Waals surface area contributed by atoms with Crippen molar-refractivity contribution in [1.82, 2.24) is 0 Å². The van der Waals surface area contributed by atoms with Gasteiger partial charge in [0.15, 0.2) is 0 Å². The molecule has 0 saturated heterocycles. The molecule has 0 aromatic heterocycles. The Morgan fingerprint density at radius 3 is 2.18 bits per heavy atom. The van der Waals surface area contributed by atoms with Gasteiger partial charge in [0.05, 0.1) is 17.2 Å². The third kappa shape index (κ3) is 4.16. The van der Waals surface area contributed by atoms with E-state index >= 15 is 0 Å². The molecular formula is C16H14Cl2N2O2. The topological polar surface area (TPSA) is 50.4 Å². The van der Waals surface area contributed by atoms with Crippen LogP contribution in [0.5, 0.6) is 0 Å². The first-order chi connectivity index (χ1) is 10.5. The fraction of sp³-hybridized carbons (Fsp3) is 0.0625. The van der Waals surface area contributed by atoms with Crippen molar-refractivity contribution in [2.24, 2.45) is 0 Å². The second-order valence-electron chi connectivity index (χ2n) is 4.41. The Hall–Kier alpha value is -2.17. The third-order valence-corrected chi connectivity index (χ3v) is 3.63. The number of hydrogen-bond acceptors (Lipinski definition) is 2. The van der Waals surface area contributed by atoms with Crippen LogP contribution >= 0.6 is 23.2 Å². The maximum atomic E-state index is 11.9. The molecular weight excluding hydrogens is 323 g/mol. The van der Waals surface area contributed by atoms with Gasteiger partial charge in [0, 0.05) is 16.9 Å². The summed E-state index contributed by atoms with van der Waals surface area (Å²) < 4.78 is 5.04. The SMILES string of the molecule is C=C(OC)c1ccc(NC(=O)Nc2ccc(Cl)c(Cl)c2)cc1. The Kier molecular flexibility index (Phi) is 5.31. The normalized spacial score (nSPS) is 9.95. The zero-order chi connectivity index (χ0) is 16.1. The van der Waals surface area contributed by atoms with E-state index in [9.17, 15) is 4.79 Å². The summed E-state index contributed by atoms with van der Waals surface area (Å²) in [5.41, 5.74) is 2.04. The van der Waals surface area contributed by atoms with Crippen molar-refractivity contribution in [2.75, 3.05) is 17.7 Å². The van der Waals surface area contributed by atoms with Crippen LogP contribution in [0.2, 0.25) is 10.0 Å². The summed E-state index contributed by atoms with van der Waals surface area (Å²) in [4.78, 5) is 11.9. The van der Waals surface area contributed by atoms with Crippen LogP contribution in [-0.4, -0.2) is 13.1 Å². The van der Waals surface area contributed by atoms with E-state index in [0.29, 0.717) is 27.2 Å². The van der Waals surface area contributed by atoms with Gasteiger partial charge in [0.25, 0.3) is 0 Å². The predicted octanol–water partition coefficient (Wildman–Crippen LogP) is 5.25. The largest absolute Gasteiger partial charge is 0.497 e. The second kappa shape index (κ2) is 7.20. The lowest BCUT2D eigenvalue weighted by atomic mass is 10.2. The molecule has 0 aliphatic carbocycles. The summed E-state index contributed by atoms with van der Waals surface area (Å²) in [5.74, 6) is 0.562. The highest BCUT2D eigenvalue weighted by Crippen LogP contribution is 2.25. The van der Waals surface area contributed by atoms with Crippen LogP contribution < -0.4 is 10.6 Å². The number of carbonyl (C=O) groups is 1. The zero-order valence-electron chi connectivity index (χ0n) is 11.8. The quantitative estimate of drug-likeness (QED) is 0.748. The van der Waals surface area contributed by atoms with Crippen molar-refractivity contribution >= 4 is 46.4 Å². The lowest BCUT2D eigenvalue weighted by Crippen LogP contribution is -2.19. The molecule has 4 nitrogen and oxygen atoms in total. The number of hydrogen-bond donors (Lipinski definition) is 2. The molecule has 0 aliphatic rings. The molecule has 0 spiro atoms. The summed E-state index contributed by atoms with van der Waals surface area (Å²) in [7, 11) is 1.55. The van der Waals surface area contributed by atoms with Crippen molar-refractivity contribution in [3.63, 3.8) is 0 Å². The Morgan fingerprint density at radius 2 is 1.59 bits per heavy atom. The van der Waals surface area contributed by atoms with Crippen molar-refractivity contribution in [3.05, 3.63) is 64.7 Å². The average Bonchev–Trinajstić information content (AvgIpc) is 2.51. The van der Waals surface area contributed by atoms with Gasteiger partial charge in [0.2, 0.25) is 0 Å². The monoisotopic (exact) mass is 336 g/mol. The molecule has 0 unspecified atom stereocenters. The Bertz CT molecular complexity index is 700. The van der Waals surface area contributed by atoms with Gasteiger partial charge in [-0.1, -0.05) is 29.8 Å². The van der Waals surface area contributed by atoms with Crippen molar-refractivity contribution < 1.29 is 9.53 Å². The first-order valence-electron chi connectivity index (χ1n) is 6.36. The van der Waals surface area contributed by atoms with Gasteiger partial charge in [-0.3, -0.25) is 0 Å². The van der Waals surface area contributed by atoms with Gasteiger partial charge in [-0.15, -0.1) is 0 Å². The van der Waals surface area contributed by atoms with Gasteiger partial charge in [-0.2, -0.15) is 0 Å². The number of amides is 2. The van der Waals surface area contributed by atoms with E-state index in [1.807, 2.05) is 0 Å². The van der Waals surface area contributed by atoms with Gasteiger partial charge in [0.1, 0.15) is 5.76 Å².